The van der Waals surface area contributed by atoms with Gasteiger partial charge in [0.15, 0.2) is 0 Å². The lowest BCUT2D eigenvalue weighted by Crippen LogP contribution is -2.11. The fourth-order valence-electron chi connectivity index (χ4n) is 2.17. The van der Waals surface area contributed by atoms with Gasteiger partial charge in [-0.2, -0.15) is 0 Å². The van der Waals surface area contributed by atoms with Crippen molar-refractivity contribution in [3.8, 4) is 0 Å². The molecule has 1 amide bonds. The first-order chi connectivity index (χ1) is 10.5. The van der Waals surface area contributed by atoms with Crippen LogP contribution < -0.4 is 5.32 Å². The van der Waals surface area contributed by atoms with Crippen LogP contribution in [0.3, 0.4) is 0 Å². The molecule has 2 rings (SSSR count). The van der Waals surface area contributed by atoms with Crippen LogP contribution in [0.1, 0.15) is 23.6 Å². The smallest absolute Gasteiger partial charge is 0.248 e. The highest BCUT2D eigenvalue weighted by molar-refractivity contribution is 6.35. The van der Waals surface area contributed by atoms with E-state index in [9.17, 15) is 4.79 Å². The molecule has 2 aromatic rings. The summed E-state index contributed by atoms with van der Waals surface area (Å²) in [7, 11) is 0. The molecule has 2 aromatic carbocycles. The van der Waals surface area contributed by atoms with Crippen LogP contribution in [-0.2, 0) is 11.2 Å². The van der Waals surface area contributed by atoms with Gasteiger partial charge in [-0.3, -0.25) is 4.79 Å². The zero-order chi connectivity index (χ0) is 16.1. The van der Waals surface area contributed by atoms with Crippen LogP contribution in [0.25, 0.3) is 6.08 Å². The normalized spacial score (nSPS) is 10.9. The summed E-state index contributed by atoms with van der Waals surface area (Å²) in [5.41, 5.74) is 3.79. The molecule has 1 N–H and O–H groups in total. The average Bonchev–Trinajstić information content (AvgIpc) is 2.48. The monoisotopic (exact) mass is 333 g/mol. The van der Waals surface area contributed by atoms with Crippen molar-refractivity contribution in [2.75, 3.05) is 5.32 Å². The van der Waals surface area contributed by atoms with E-state index >= 15 is 0 Å². The maximum absolute atomic E-state index is 12.1. The first-order valence-electron chi connectivity index (χ1n) is 7.04. The summed E-state index contributed by atoms with van der Waals surface area (Å²) in [5.74, 6) is -0.185. The van der Waals surface area contributed by atoms with E-state index in [-0.39, 0.29) is 5.91 Å². The van der Waals surface area contributed by atoms with E-state index in [1.54, 1.807) is 24.3 Å². The van der Waals surface area contributed by atoms with Crippen LogP contribution >= 0.6 is 23.2 Å². The molecule has 22 heavy (non-hydrogen) atoms. The molecule has 0 fully saturated rings. The van der Waals surface area contributed by atoms with E-state index in [0.717, 1.165) is 28.8 Å². The molecule has 0 radical (unpaired) electrons. The predicted octanol–water partition coefficient (Wildman–Crippen LogP) is 5.52. The van der Waals surface area contributed by atoms with Crippen molar-refractivity contribution in [2.45, 2.75) is 20.3 Å². The van der Waals surface area contributed by atoms with Crippen molar-refractivity contribution < 1.29 is 4.79 Å². The number of rotatable bonds is 4. The van der Waals surface area contributed by atoms with Crippen molar-refractivity contribution in [3.05, 3.63) is 69.2 Å². The second-order valence-corrected chi connectivity index (χ2v) is 5.79. The van der Waals surface area contributed by atoms with Crippen molar-refractivity contribution in [2.24, 2.45) is 0 Å². The molecule has 4 heteroatoms. The largest absolute Gasteiger partial charge is 0.322 e. The average molecular weight is 334 g/mol. The minimum Gasteiger partial charge on any atom is -0.322 e. The number of aryl methyl sites for hydroxylation is 2. The van der Waals surface area contributed by atoms with Gasteiger partial charge in [-0.05, 0) is 48.2 Å². The Bertz CT molecular complexity index is 723. The third-order valence-electron chi connectivity index (χ3n) is 3.36. The van der Waals surface area contributed by atoms with Crippen LogP contribution in [0.4, 0.5) is 5.69 Å². The lowest BCUT2D eigenvalue weighted by atomic mass is 10.1. The summed E-state index contributed by atoms with van der Waals surface area (Å²) < 4.78 is 0. The van der Waals surface area contributed by atoms with Gasteiger partial charge in [0.25, 0.3) is 0 Å². The highest BCUT2D eigenvalue weighted by atomic mass is 35.5. The van der Waals surface area contributed by atoms with E-state index in [2.05, 4.69) is 12.2 Å². The number of nitrogens with one attached hydrogen (secondary N) is 1. The van der Waals surface area contributed by atoms with Gasteiger partial charge in [0.2, 0.25) is 5.91 Å². The van der Waals surface area contributed by atoms with Crippen LogP contribution in [0, 0.1) is 6.92 Å². The Labute approximate surface area is 140 Å². The van der Waals surface area contributed by atoms with Crippen molar-refractivity contribution in [1.82, 2.24) is 0 Å². The van der Waals surface area contributed by atoms with Gasteiger partial charge in [-0.1, -0.05) is 54.4 Å². The van der Waals surface area contributed by atoms with Gasteiger partial charge in [0.05, 0.1) is 0 Å². The minimum atomic E-state index is -0.185. The number of carbonyl (C=O) groups is 1. The summed E-state index contributed by atoms with van der Waals surface area (Å²) >= 11 is 11.9. The molecule has 0 saturated heterocycles. The van der Waals surface area contributed by atoms with Crippen molar-refractivity contribution >= 4 is 40.9 Å². The molecule has 0 spiro atoms. The maximum atomic E-state index is 12.1. The topological polar surface area (TPSA) is 29.1 Å². The van der Waals surface area contributed by atoms with Crippen LogP contribution in [-0.4, -0.2) is 5.91 Å². The number of hydrogen-bond acceptors (Lipinski definition) is 1. The lowest BCUT2D eigenvalue weighted by molar-refractivity contribution is -0.111. The Kier molecular flexibility index (Phi) is 5.64. The minimum absolute atomic E-state index is 0.185. The first-order valence-corrected chi connectivity index (χ1v) is 7.79. The second-order valence-electron chi connectivity index (χ2n) is 4.95. The maximum Gasteiger partial charge on any atom is 0.248 e. The fraction of sp³-hybridized carbons (Fsp3) is 0.167. The van der Waals surface area contributed by atoms with Crippen LogP contribution in [0.15, 0.2) is 42.5 Å². The number of hydrogen-bond donors (Lipinski definition) is 1. The third-order valence-corrected chi connectivity index (χ3v) is 3.93. The van der Waals surface area contributed by atoms with Crippen LogP contribution in [0.2, 0.25) is 10.0 Å². The van der Waals surface area contributed by atoms with E-state index in [1.807, 2.05) is 25.1 Å². The number of carbonyl (C=O) groups excluding carboxylic acids is 1. The molecule has 0 saturated carbocycles. The number of benzene rings is 2. The predicted molar refractivity (Wildman–Crippen MR) is 94.7 cm³/mol. The van der Waals surface area contributed by atoms with Gasteiger partial charge >= 0.3 is 0 Å². The zero-order valence-electron chi connectivity index (χ0n) is 12.5. The summed E-state index contributed by atoms with van der Waals surface area (Å²) in [6, 6.07) is 11.2. The van der Waals surface area contributed by atoms with E-state index in [1.165, 1.54) is 6.08 Å². The van der Waals surface area contributed by atoms with Gasteiger partial charge in [0, 0.05) is 21.8 Å². The molecule has 0 aliphatic heterocycles. The summed E-state index contributed by atoms with van der Waals surface area (Å²) in [5, 5.41) is 4.02. The third kappa shape index (κ3) is 4.12. The lowest BCUT2D eigenvalue weighted by Gasteiger charge is -2.11. The Morgan fingerprint density at radius 3 is 2.68 bits per heavy atom. The molecule has 0 aromatic heterocycles. The second kappa shape index (κ2) is 7.48. The summed E-state index contributed by atoms with van der Waals surface area (Å²) in [6.07, 6.45) is 4.02. The Hall–Kier alpha value is -1.77. The number of halogens is 2. The molecular weight excluding hydrogens is 317 g/mol. The Morgan fingerprint density at radius 2 is 2.00 bits per heavy atom. The fourth-order valence-corrected chi connectivity index (χ4v) is 2.64. The van der Waals surface area contributed by atoms with E-state index < -0.39 is 0 Å². The molecular formula is C18H17Cl2NO. The van der Waals surface area contributed by atoms with Crippen molar-refractivity contribution in [3.63, 3.8) is 0 Å². The molecule has 114 valence electrons. The van der Waals surface area contributed by atoms with Crippen LogP contribution in [0.5, 0.6) is 0 Å². The Balaban J connectivity index is 2.15. The molecule has 2 nitrogen and oxygen atoms in total. The molecule has 0 bridgehead atoms. The molecule has 0 aliphatic carbocycles. The van der Waals surface area contributed by atoms with E-state index in [4.69, 9.17) is 23.2 Å². The van der Waals surface area contributed by atoms with Crippen molar-refractivity contribution in [1.29, 1.82) is 0 Å². The first kappa shape index (κ1) is 16.6. The van der Waals surface area contributed by atoms with Gasteiger partial charge in [-0.25, -0.2) is 0 Å². The number of amides is 1. The summed E-state index contributed by atoms with van der Waals surface area (Å²) in [6.45, 7) is 4.04. The van der Waals surface area contributed by atoms with E-state index in [0.29, 0.717) is 10.0 Å². The number of anilines is 1. The standard InChI is InChI=1S/C18H17Cl2NO/c1-3-13-6-4-5-12(2)18(13)21-17(22)10-8-14-7-9-15(19)11-16(14)20/h4-11H,3H2,1-2H3,(H,21,22). The summed E-state index contributed by atoms with van der Waals surface area (Å²) in [4.78, 5) is 12.1. The zero-order valence-corrected chi connectivity index (χ0v) is 14.0. The van der Waals surface area contributed by atoms with Gasteiger partial charge in [0.1, 0.15) is 0 Å². The molecule has 0 aliphatic rings. The quantitative estimate of drug-likeness (QED) is 0.733. The highest BCUT2D eigenvalue weighted by Crippen LogP contribution is 2.23. The molecule has 0 heterocycles. The highest BCUT2D eigenvalue weighted by Gasteiger charge is 2.06. The van der Waals surface area contributed by atoms with Gasteiger partial charge < -0.3 is 5.32 Å². The molecule has 0 unspecified atom stereocenters. The number of para-hydroxylation sites is 1. The van der Waals surface area contributed by atoms with Gasteiger partial charge in [-0.15, -0.1) is 0 Å². The molecule has 0 atom stereocenters. The SMILES string of the molecule is CCc1cccc(C)c1NC(=O)C=Cc1ccc(Cl)cc1Cl. The Morgan fingerprint density at radius 1 is 1.23 bits per heavy atom.